The van der Waals surface area contributed by atoms with Gasteiger partial charge in [0.15, 0.2) is 5.82 Å². The van der Waals surface area contributed by atoms with Crippen molar-refractivity contribution in [2.45, 2.75) is 11.5 Å². The summed E-state index contributed by atoms with van der Waals surface area (Å²) in [5.41, 5.74) is 7.25. The molecule has 2 heterocycles. The Morgan fingerprint density at radius 2 is 2.12 bits per heavy atom. The lowest BCUT2D eigenvalue weighted by atomic mass is 10.1. The number of aromatic nitrogens is 3. The number of aliphatic hydroxyl groups is 1. The van der Waals surface area contributed by atoms with E-state index in [4.69, 9.17) is 28.9 Å². The molecule has 0 spiro atoms. The Kier molecular flexibility index (Phi) is 6.61. The summed E-state index contributed by atoms with van der Waals surface area (Å²) in [5.74, 6) is -0.921. The quantitative estimate of drug-likeness (QED) is 0.286. The van der Waals surface area contributed by atoms with Crippen LogP contribution in [0.5, 0.6) is 0 Å². The number of nitrogens with one attached hydrogen (secondary N) is 2. The standard InChI is InChI=1S/C21H17Cl2FN6O2S/c1-26-21(32)20-28-17(18-19(25)27-5-6-30(18)20)12-3-2-4-13(16(12)24)29-33-14-8-11(22)7-10(9-31)15(14)23/h2-8,29,31H,9H2,1H3,(H2,25,27)(H,26,32). The van der Waals surface area contributed by atoms with Crippen LogP contribution in [0, 0.1) is 5.82 Å². The molecule has 0 aliphatic carbocycles. The van der Waals surface area contributed by atoms with Gasteiger partial charge in [0.05, 0.1) is 17.3 Å². The van der Waals surface area contributed by atoms with Crippen molar-refractivity contribution in [2.24, 2.45) is 0 Å². The fourth-order valence-electron chi connectivity index (χ4n) is 3.24. The van der Waals surface area contributed by atoms with E-state index < -0.39 is 11.7 Å². The molecule has 2 aromatic heterocycles. The molecule has 8 nitrogen and oxygen atoms in total. The summed E-state index contributed by atoms with van der Waals surface area (Å²) in [6.45, 7) is -0.284. The van der Waals surface area contributed by atoms with Crippen molar-refractivity contribution in [2.75, 3.05) is 17.5 Å². The number of aliphatic hydroxyl groups excluding tert-OH is 1. The van der Waals surface area contributed by atoms with Crippen LogP contribution in [0.3, 0.4) is 0 Å². The topological polar surface area (TPSA) is 118 Å². The van der Waals surface area contributed by atoms with E-state index in [1.54, 1.807) is 18.2 Å². The van der Waals surface area contributed by atoms with Crippen LogP contribution >= 0.6 is 35.1 Å². The predicted molar refractivity (Wildman–Crippen MR) is 128 cm³/mol. The summed E-state index contributed by atoms with van der Waals surface area (Å²) in [6.07, 6.45) is 2.96. The maximum absolute atomic E-state index is 15.6. The minimum atomic E-state index is -0.614. The third-order valence-corrected chi connectivity index (χ3v) is 6.43. The van der Waals surface area contributed by atoms with E-state index in [0.29, 0.717) is 26.0 Å². The normalized spacial score (nSPS) is 11.1. The van der Waals surface area contributed by atoms with E-state index in [2.05, 4.69) is 20.0 Å². The number of hydrogen-bond acceptors (Lipinski definition) is 7. The number of nitrogens with zero attached hydrogens (tertiary/aromatic N) is 3. The lowest BCUT2D eigenvalue weighted by Gasteiger charge is -2.12. The van der Waals surface area contributed by atoms with Crippen molar-refractivity contribution in [1.29, 1.82) is 0 Å². The average molecular weight is 507 g/mol. The van der Waals surface area contributed by atoms with Gasteiger partial charge in [0.25, 0.3) is 5.91 Å². The summed E-state index contributed by atoms with van der Waals surface area (Å²) in [7, 11) is 1.47. The van der Waals surface area contributed by atoms with Crippen LogP contribution in [0.2, 0.25) is 10.0 Å². The molecule has 12 heteroatoms. The van der Waals surface area contributed by atoms with E-state index in [1.165, 1.54) is 36.0 Å². The van der Waals surface area contributed by atoms with Gasteiger partial charge in [0, 0.05) is 34.9 Å². The minimum Gasteiger partial charge on any atom is -0.392 e. The second kappa shape index (κ2) is 9.44. The van der Waals surface area contributed by atoms with E-state index in [1.807, 2.05) is 0 Å². The molecule has 0 atom stereocenters. The van der Waals surface area contributed by atoms with Crippen molar-refractivity contribution < 1.29 is 14.3 Å². The molecule has 4 rings (SSSR count). The van der Waals surface area contributed by atoms with Gasteiger partial charge < -0.3 is 20.9 Å². The van der Waals surface area contributed by atoms with E-state index in [0.717, 1.165) is 11.9 Å². The number of nitrogen functional groups attached to an aromatic ring is 1. The first-order valence-corrected chi connectivity index (χ1v) is 11.1. The SMILES string of the molecule is CNC(=O)c1nc(-c2cccc(NSc3cc(Cl)cc(CO)c3Cl)c2F)c2c(N)nccn12. The molecule has 170 valence electrons. The number of imidazole rings is 1. The average Bonchev–Trinajstić information content (AvgIpc) is 3.20. The van der Waals surface area contributed by atoms with Gasteiger partial charge in [-0.1, -0.05) is 29.3 Å². The Hall–Kier alpha value is -3.05. The van der Waals surface area contributed by atoms with E-state index >= 15 is 4.39 Å². The number of halogens is 3. The van der Waals surface area contributed by atoms with E-state index in [9.17, 15) is 9.90 Å². The van der Waals surface area contributed by atoms with Crippen molar-refractivity contribution in [3.63, 3.8) is 0 Å². The molecule has 0 radical (unpaired) electrons. The Morgan fingerprint density at radius 1 is 1.33 bits per heavy atom. The van der Waals surface area contributed by atoms with Crippen LogP contribution in [-0.4, -0.2) is 32.4 Å². The van der Waals surface area contributed by atoms with Crippen LogP contribution in [0.25, 0.3) is 16.8 Å². The first-order valence-electron chi connectivity index (χ1n) is 9.50. The lowest BCUT2D eigenvalue weighted by molar-refractivity contribution is 0.0952. The fourth-order valence-corrected chi connectivity index (χ4v) is 4.61. The number of fused-ring (bicyclic) bond motifs is 1. The molecular weight excluding hydrogens is 490 g/mol. The number of benzene rings is 2. The maximum atomic E-state index is 15.6. The molecule has 5 N–H and O–H groups in total. The monoisotopic (exact) mass is 506 g/mol. The Morgan fingerprint density at radius 3 is 2.85 bits per heavy atom. The summed E-state index contributed by atoms with van der Waals surface area (Å²) >= 11 is 13.4. The van der Waals surface area contributed by atoms with Gasteiger partial charge in [0.1, 0.15) is 17.0 Å². The van der Waals surface area contributed by atoms with Gasteiger partial charge >= 0.3 is 0 Å². The third kappa shape index (κ3) is 4.30. The van der Waals surface area contributed by atoms with Crippen molar-refractivity contribution >= 4 is 58.1 Å². The van der Waals surface area contributed by atoms with Gasteiger partial charge in [-0.05, 0) is 41.8 Å². The number of nitrogens with two attached hydrogens (primary N) is 1. The number of rotatable bonds is 6. The number of hydrogen-bond donors (Lipinski definition) is 4. The van der Waals surface area contributed by atoms with Crippen molar-refractivity contribution in [1.82, 2.24) is 19.7 Å². The first kappa shape index (κ1) is 23.1. The highest BCUT2D eigenvalue weighted by atomic mass is 35.5. The molecule has 2 aromatic carbocycles. The smallest absolute Gasteiger partial charge is 0.287 e. The van der Waals surface area contributed by atoms with Gasteiger partial charge in [-0.3, -0.25) is 9.20 Å². The zero-order valence-corrected chi connectivity index (χ0v) is 19.4. The Labute approximate surface area is 202 Å². The summed E-state index contributed by atoms with van der Waals surface area (Å²) in [6, 6.07) is 7.87. The van der Waals surface area contributed by atoms with Gasteiger partial charge in [-0.25, -0.2) is 14.4 Å². The number of amides is 1. The molecule has 0 unspecified atom stereocenters. The van der Waals surface area contributed by atoms with Gasteiger partial charge in [0.2, 0.25) is 5.82 Å². The highest BCUT2D eigenvalue weighted by Gasteiger charge is 2.23. The van der Waals surface area contributed by atoms with Crippen LogP contribution in [-0.2, 0) is 6.61 Å². The second-order valence-corrected chi connectivity index (χ2v) is 8.46. The number of carbonyl (C=O) groups is 1. The molecule has 0 bridgehead atoms. The van der Waals surface area contributed by atoms with Crippen LogP contribution < -0.4 is 15.8 Å². The molecule has 0 saturated carbocycles. The van der Waals surface area contributed by atoms with Crippen molar-refractivity contribution in [3.8, 4) is 11.3 Å². The zero-order valence-electron chi connectivity index (χ0n) is 17.1. The van der Waals surface area contributed by atoms with E-state index in [-0.39, 0.29) is 35.2 Å². The maximum Gasteiger partial charge on any atom is 0.287 e. The number of carbonyl (C=O) groups excluding carboxylic acids is 1. The van der Waals surface area contributed by atoms with Gasteiger partial charge in [-0.2, -0.15) is 0 Å². The molecule has 1 amide bonds. The second-order valence-electron chi connectivity index (χ2n) is 6.80. The first-order chi connectivity index (χ1) is 15.8. The van der Waals surface area contributed by atoms with Crippen LogP contribution in [0.4, 0.5) is 15.9 Å². The largest absolute Gasteiger partial charge is 0.392 e. The Bertz CT molecular complexity index is 1380. The molecule has 4 aromatic rings. The summed E-state index contributed by atoms with van der Waals surface area (Å²) < 4.78 is 19.9. The van der Waals surface area contributed by atoms with Crippen molar-refractivity contribution in [3.05, 3.63) is 70.0 Å². The minimum absolute atomic E-state index is 0.0472. The third-order valence-electron chi connectivity index (χ3n) is 4.79. The molecule has 0 aliphatic rings. The number of anilines is 2. The predicted octanol–water partition coefficient (Wildman–Crippen LogP) is 4.40. The summed E-state index contributed by atoms with van der Waals surface area (Å²) in [5, 5.41) is 12.6. The van der Waals surface area contributed by atoms with Crippen LogP contribution in [0.15, 0.2) is 47.6 Å². The summed E-state index contributed by atoms with van der Waals surface area (Å²) in [4.78, 5) is 21.2. The highest BCUT2D eigenvalue weighted by molar-refractivity contribution is 8.00. The lowest BCUT2D eigenvalue weighted by Crippen LogP contribution is -2.20. The molecule has 0 saturated heterocycles. The molecule has 33 heavy (non-hydrogen) atoms. The van der Waals surface area contributed by atoms with Gasteiger partial charge in [-0.15, -0.1) is 0 Å². The molecule has 0 aliphatic heterocycles. The fraction of sp³-hybridized carbons (Fsp3) is 0.0952. The molecule has 0 fully saturated rings. The Balaban J connectivity index is 1.76. The highest BCUT2D eigenvalue weighted by Crippen LogP contribution is 2.37. The zero-order chi connectivity index (χ0) is 23.7. The van der Waals surface area contributed by atoms with Crippen LogP contribution in [0.1, 0.15) is 16.2 Å². The molecular formula is C21H17Cl2FN6O2S.